The molecule has 0 saturated carbocycles. The maximum atomic E-state index is 13.1. The summed E-state index contributed by atoms with van der Waals surface area (Å²) in [6.45, 7) is 0.797. The Morgan fingerprint density at radius 3 is 2.22 bits per heavy atom. The van der Waals surface area contributed by atoms with Crippen LogP contribution in [0.25, 0.3) is 0 Å². The van der Waals surface area contributed by atoms with Crippen molar-refractivity contribution in [1.29, 1.82) is 0 Å². The minimum absolute atomic E-state index is 0.199. The summed E-state index contributed by atoms with van der Waals surface area (Å²) in [6, 6.07) is 20.8. The number of para-hydroxylation sites is 2. The van der Waals surface area contributed by atoms with Crippen LogP contribution in [-0.4, -0.2) is 42.8 Å². The fourth-order valence-corrected chi connectivity index (χ4v) is 3.21. The highest BCUT2D eigenvalue weighted by atomic mass is 16.5. The summed E-state index contributed by atoms with van der Waals surface area (Å²) in [5.41, 5.74) is 2.90. The van der Waals surface area contributed by atoms with Gasteiger partial charge in [-0.1, -0.05) is 36.4 Å². The third-order valence-electron chi connectivity index (χ3n) is 4.99. The number of phenolic OH excluding ortho intramolecular Hbond substituents is 1. The Morgan fingerprint density at radius 2 is 1.56 bits per heavy atom. The van der Waals surface area contributed by atoms with Crippen molar-refractivity contribution in [2.45, 2.75) is 13.0 Å². The van der Waals surface area contributed by atoms with E-state index in [1.165, 1.54) is 7.11 Å². The quantitative estimate of drug-likeness (QED) is 0.511. The zero-order chi connectivity index (χ0) is 22.9. The molecule has 0 unspecified atom stereocenters. The van der Waals surface area contributed by atoms with E-state index in [1.54, 1.807) is 60.5 Å². The van der Waals surface area contributed by atoms with Gasteiger partial charge in [0.05, 0.1) is 25.5 Å². The maximum Gasteiger partial charge on any atom is 0.337 e. The van der Waals surface area contributed by atoms with Gasteiger partial charge in [0, 0.05) is 13.1 Å². The van der Waals surface area contributed by atoms with Crippen LogP contribution in [0.2, 0.25) is 0 Å². The van der Waals surface area contributed by atoms with E-state index < -0.39 is 5.97 Å². The largest absolute Gasteiger partial charge is 0.508 e. The number of methoxy groups -OCH3 is 2. The smallest absolute Gasteiger partial charge is 0.337 e. The average Bonchev–Trinajstić information content (AvgIpc) is 2.83. The number of nitrogens with one attached hydrogen (secondary N) is 1. The first-order valence-electron chi connectivity index (χ1n) is 10.1. The normalized spacial score (nSPS) is 10.3. The Morgan fingerprint density at radius 1 is 0.906 bits per heavy atom. The molecular formula is C25H26N2O5. The molecule has 2 N–H and O–H groups in total. The number of carbonyl (C=O) groups excluding carboxylic acids is 2. The molecule has 7 heteroatoms. The van der Waals surface area contributed by atoms with E-state index in [9.17, 15) is 14.7 Å². The third kappa shape index (κ3) is 6.01. The van der Waals surface area contributed by atoms with E-state index in [2.05, 4.69) is 5.32 Å². The maximum absolute atomic E-state index is 13.1. The molecule has 0 fully saturated rings. The highest BCUT2D eigenvalue weighted by molar-refractivity contribution is 5.91. The van der Waals surface area contributed by atoms with Crippen LogP contribution in [-0.2, 0) is 17.7 Å². The highest BCUT2D eigenvalue weighted by Gasteiger charge is 2.17. The third-order valence-corrected chi connectivity index (χ3v) is 4.99. The van der Waals surface area contributed by atoms with Crippen LogP contribution in [0.15, 0.2) is 72.8 Å². The van der Waals surface area contributed by atoms with E-state index >= 15 is 0 Å². The zero-order valence-corrected chi connectivity index (χ0v) is 18.1. The van der Waals surface area contributed by atoms with Crippen molar-refractivity contribution in [3.63, 3.8) is 0 Å². The SMILES string of the molecule is COC(=O)c1ccc(CN(CCc2ccc(O)cc2)C(=O)Nc2ccccc2OC)cc1. The number of aromatic hydroxyl groups is 1. The number of ether oxygens (including phenoxy) is 2. The van der Waals surface area contributed by atoms with Gasteiger partial charge in [0.2, 0.25) is 0 Å². The number of carbonyl (C=O) groups is 2. The minimum Gasteiger partial charge on any atom is -0.508 e. The lowest BCUT2D eigenvalue weighted by Crippen LogP contribution is -2.36. The van der Waals surface area contributed by atoms with Crippen LogP contribution in [0.5, 0.6) is 11.5 Å². The van der Waals surface area contributed by atoms with Gasteiger partial charge in [-0.15, -0.1) is 0 Å². The summed E-state index contributed by atoms with van der Waals surface area (Å²) in [5, 5.41) is 12.4. The molecule has 3 aromatic carbocycles. The van der Waals surface area contributed by atoms with Crippen molar-refractivity contribution in [1.82, 2.24) is 4.90 Å². The van der Waals surface area contributed by atoms with E-state index in [0.717, 1.165) is 11.1 Å². The summed E-state index contributed by atoms with van der Waals surface area (Å²) >= 11 is 0. The minimum atomic E-state index is -0.408. The predicted molar refractivity (Wildman–Crippen MR) is 122 cm³/mol. The zero-order valence-electron chi connectivity index (χ0n) is 18.1. The second-order valence-electron chi connectivity index (χ2n) is 7.16. The van der Waals surface area contributed by atoms with Gasteiger partial charge >= 0.3 is 12.0 Å². The summed E-state index contributed by atoms with van der Waals surface area (Å²) in [6.07, 6.45) is 0.611. The first-order valence-corrected chi connectivity index (χ1v) is 10.1. The molecule has 0 bridgehead atoms. The Hall–Kier alpha value is -4.00. The Balaban J connectivity index is 1.77. The molecule has 3 aromatic rings. The molecule has 0 aliphatic heterocycles. The van der Waals surface area contributed by atoms with Crippen molar-refractivity contribution in [3.05, 3.63) is 89.5 Å². The van der Waals surface area contributed by atoms with Crippen LogP contribution in [0.1, 0.15) is 21.5 Å². The summed E-state index contributed by atoms with van der Waals surface area (Å²) < 4.78 is 10.1. The Labute approximate surface area is 187 Å². The monoisotopic (exact) mass is 434 g/mol. The van der Waals surface area contributed by atoms with Gasteiger partial charge in [-0.3, -0.25) is 0 Å². The fraction of sp³-hybridized carbons (Fsp3) is 0.200. The Kier molecular flexibility index (Phi) is 7.70. The van der Waals surface area contributed by atoms with Gasteiger partial charge < -0.3 is 24.8 Å². The topological polar surface area (TPSA) is 88.1 Å². The molecule has 0 aliphatic carbocycles. The van der Waals surface area contributed by atoms with Gasteiger partial charge in [0.15, 0.2) is 0 Å². The number of hydrogen-bond acceptors (Lipinski definition) is 5. The van der Waals surface area contributed by atoms with Crippen molar-refractivity contribution in [3.8, 4) is 11.5 Å². The van der Waals surface area contributed by atoms with E-state index in [4.69, 9.17) is 9.47 Å². The molecule has 166 valence electrons. The van der Waals surface area contributed by atoms with Crippen LogP contribution >= 0.6 is 0 Å². The van der Waals surface area contributed by atoms with Gasteiger partial charge in [-0.2, -0.15) is 0 Å². The first kappa shape index (κ1) is 22.7. The number of hydrogen-bond donors (Lipinski definition) is 2. The molecule has 0 heterocycles. The fourth-order valence-electron chi connectivity index (χ4n) is 3.21. The van der Waals surface area contributed by atoms with E-state index in [-0.39, 0.29) is 11.8 Å². The van der Waals surface area contributed by atoms with E-state index in [0.29, 0.717) is 36.5 Å². The van der Waals surface area contributed by atoms with Crippen LogP contribution in [0, 0.1) is 0 Å². The molecule has 3 rings (SSSR count). The van der Waals surface area contributed by atoms with Gasteiger partial charge in [0.25, 0.3) is 0 Å². The number of amides is 2. The molecular weight excluding hydrogens is 408 g/mol. The molecule has 0 aromatic heterocycles. The first-order chi connectivity index (χ1) is 15.5. The lowest BCUT2D eigenvalue weighted by atomic mass is 10.1. The predicted octanol–water partition coefficient (Wildman–Crippen LogP) is 4.46. The summed E-state index contributed by atoms with van der Waals surface area (Å²) in [5.74, 6) is 0.363. The molecule has 0 aliphatic rings. The molecule has 7 nitrogen and oxygen atoms in total. The van der Waals surface area contributed by atoms with Crippen LogP contribution < -0.4 is 10.1 Å². The molecule has 0 saturated heterocycles. The Bertz CT molecular complexity index is 1050. The molecule has 32 heavy (non-hydrogen) atoms. The van der Waals surface area contributed by atoms with Crippen molar-refractivity contribution >= 4 is 17.7 Å². The molecule has 0 radical (unpaired) electrons. The number of esters is 1. The lowest BCUT2D eigenvalue weighted by Gasteiger charge is -2.24. The van der Waals surface area contributed by atoms with Gasteiger partial charge in [0.1, 0.15) is 11.5 Å². The van der Waals surface area contributed by atoms with Crippen molar-refractivity contribution < 1.29 is 24.2 Å². The summed E-state index contributed by atoms with van der Waals surface area (Å²) in [7, 11) is 2.89. The standard InChI is InChI=1S/C25H26N2O5/c1-31-23-6-4-3-5-22(23)26-25(30)27(16-15-18-9-13-21(28)14-10-18)17-19-7-11-20(12-8-19)24(29)32-2/h3-14,28H,15-17H2,1-2H3,(H,26,30). The molecule has 0 atom stereocenters. The second-order valence-corrected chi connectivity index (χ2v) is 7.16. The van der Waals surface area contributed by atoms with Gasteiger partial charge in [-0.25, -0.2) is 9.59 Å². The number of nitrogens with zero attached hydrogens (tertiary/aromatic N) is 1. The van der Waals surface area contributed by atoms with Crippen molar-refractivity contribution in [2.24, 2.45) is 0 Å². The number of urea groups is 1. The number of phenols is 1. The van der Waals surface area contributed by atoms with Crippen LogP contribution in [0.3, 0.4) is 0 Å². The summed E-state index contributed by atoms with van der Waals surface area (Å²) in [4.78, 5) is 26.5. The molecule has 0 spiro atoms. The lowest BCUT2D eigenvalue weighted by molar-refractivity contribution is 0.0600. The number of benzene rings is 3. The molecule has 2 amide bonds. The number of rotatable bonds is 8. The number of anilines is 1. The van der Waals surface area contributed by atoms with E-state index in [1.807, 2.05) is 24.3 Å². The van der Waals surface area contributed by atoms with Gasteiger partial charge in [-0.05, 0) is 53.9 Å². The van der Waals surface area contributed by atoms with Crippen molar-refractivity contribution in [2.75, 3.05) is 26.1 Å². The average molecular weight is 434 g/mol. The highest BCUT2D eigenvalue weighted by Crippen LogP contribution is 2.24. The van der Waals surface area contributed by atoms with Crippen LogP contribution in [0.4, 0.5) is 10.5 Å². The second kappa shape index (κ2) is 10.9.